The Morgan fingerprint density at radius 3 is 2.43 bits per heavy atom. The van der Waals surface area contributed by atoms with Gasteiger partial charge in [-0.05, 0) is 34.5 Å². The summed E-state index contributed by atoms with van der Waals surface area (Å²) in [7, 11) is 0. The van der Waals surface area contributed by atoms with Crippen molar-refractivity contribution in [1.82, 2.24) is 5.43 Å². The largest absolute Gasteiger partial charge is 0.271 e. The zero-order valence-corrected chi connectivity index (χ0v) is 11.9. The van der Waals surface area contributed by atoms with Gasteiger partial charge in [0.2, 0.25) is 0 Å². The van der Waals surface area contributed by atoms with E-state index in [-0.39, 0.29) is 5.82 Å². The molecule has 0 aliphatic carbocycles. The molecule has 1 unspecified atom stereocenters. The molecule has 0 aliphatic rings. The molecule has 0 aliphatic heterocycles. The van der Waals surface area contributed by atoms with Gasteiger partial charge in [-0.2, -0.15) is 0 Å². The third kappa shape index (κ3) is 2.76. The molecule has 3 rings (SSSR count). The number of hydrazine groups is 1. The Hall–Kier alpha value is -1.94. The number of halogens is 2. The van der Waals surface area contributed by atoms with Gasteiger partial charge in [-0.3, -0.25) is 5.84 Å². The quantitative estimate of drug-likeness (QED) is 0.562. The van der Waals surface area contributed by atoms with Crippen LogP contribution in [0, 0.1) is 5.82 Å². The second-order valence-electron chi connectivity index (χ2n) is 4.87. The molecule has 106 valence electrons. The first-order valence-corrected chi connectivity index (χ1v) is 6.96. The summed E-state index contributed by atoms with van der Waals surface area (Å²) < 4.78 is 14.1. The number of benzene rings is 3. The van der Waals surface area contributed by atoms with E-state index >= 15 is 0 Å². The van der Waals surface area contributed by atoms with Crippen molar-refractivity contribution < 1.29 is 4.39 Å². The number of rotatable bonds is 3. The summed E-state index contributed by atoms with van der Waals surface area (Å²) >= 11 is 5.80. The summed E-state index contributed by atoms with van der Waals surface area (Å²) in [5.74, 6) is 5.26. The zero-order valence-electron chi connectivity index (χ0n) is 11.2. The fraction of sp³-hybridized carbons (Fsp3) is 0.0588. The van der Waals surface area contributed by atoms with E-state index in [4.69, 9.17) is 17.4 Å². The van der Waals surface area contributed by atoms with Gasteiger partial charge < -0.3 is 0 Å². The van der Waals surface area contributed by atoms with Crippen LogP contribution in [0.1, 0.15) is 17.2 Å². The van der Waals surface area contributed by atoms with E-state index in [0.29, 0.717) is 10.6 Å². The molecule has 0 saturated carbocycles. The molecule has 0 radical (unpaired) electrons. The highest BCUT2D eigenvalue weighted by Crippen LogP contribution is 2.28. The Balaban J connectivity index is 2.09. The van der Waals surface area contributed by atoms with Gasteiger partial charge in [0.15, 0.2) is 0 Å². The molecule has 0 heterocycles. The lowest BCUT2D eigenvalue weighted by atomic mass is 9.96. The van der Waals surface area contributed by atoms with Crippen LogP contribution in [0.15, 0.2) is 60.7 Å². The van der Waals surface area contributed by atoms with Crippen LogP contribution in [0.2, 0.25) is 5.02 Å². The van der Waals surface area contributed by atoms with E-state index in [1.165, 1.54) is 6.07 Å². The molecule has 3 N–H and O–H groups in total. The van der Waals surface area contributed by atoms with Crippen LogP contribution < -0.4 is 11.3 Å². The van der Waals surface area contributed by atoms with Gasteiger partial charge in [-0.25, -0.2) is 9.82 Å². The van der Waals surface area contributed by atoms with Gasteiger partial charge in [0.05, 0.1) is 6.04 Å². The van der Waals surface area contributed by atoms with E-state index < -0.39 is 6.04 Å². The van der Waals surface area contributed by atoms with Gasteiger partial charge in [-0.15, -0.1) is 0 Å². The van der Waals surface area contributed by atoms with Crippen molar-refractivity contribution in [3.8, 4) is 0 Å². The predicted molar refractivity (Wildman–Crippen MR) is 84.5 cm³/mol. The molecule has 1 atom stereocenters. The van der Waals surface area contributed by atoms with Crippen molar-refractivity contribution in [1.29, 1.82) is 0 Å². The topological polar surface area (TPSA) is 38.0 Å². The van der Waals surface area contributed by atoms with Crippen LogP contribution in [0.25, 0.3) is 10.8 Å². The highest BCUT2D eigenvalue weighted by atomic mass is 35.5. The number of nitrogens with two attached hydrogens (primary N) is 1. The average molecular weight is 301 g/mol. The summed E-state index contributed by atoms with van der Waals surface area (Å²) in [5, 5.41) is 2.59. The highest BCUT2D eigenvalue weighted by molar-refractivity contribution is 6.30. The fourth-order valence-electron chi connectivity index (χ4n) is 2.49. The van der Waals surface area contributed by atoms with E-state index in [1.54, 1.807) is 12.1 Å². The zero-order chi connectivity index (χ0) is 14.8. The standard InChI is InChI=1S/C17H14ClFN2/c18-14-7-8-15(16(19)10-14)17(21-20)13-6-5-11-3-1-2-4-12(11)9-13/h1-10,17,21H,20H2. The molecule has 4 heteroatoms. The van der Waals surface area contributed by atoms with Crippen molar-refractivity contribution in [3.63, 3.8) is 0 Å². The molecule has 3 aromatic carbocycles. The van der Waals surface area contributed by atoms with E-state index in [2.05, 4.69) is 5.43 Å². The summed E-state index contributed by atoms with van der Waals surface area (Å²) in [6, 6.07) is 18.1. The van der Waals surface area contributed by atoms with Gasteiger partial charge in [0.1, 0.15) is 5.82 Å². The first-order chi connectivity index (χ1) is 10.2. The summed E-state index contributed by atoms with van der Waals surface area (Å²) in [4.78, 5) is 0. The molecule has 0 bridgehead atoms. The minimum absolute atomic E-state index is 0.366. The molecule has 0 aromatic heterocycles. The SMILES string of the molecule is NNC(c1ccc2ccccc2c1)c1ccc(Cl)cc1F. The maximum absolute atomic E-state index is 14.1. The highest BCUT2D eigenvalue weighted by Gasteiger charge is 2.17. The van der Waals surface area contributed by atoms with E-state index in [1.807, 2.05) is 42.5 Å². The summed E-state index contributed by atoms with van der Waals surface area (Å²) in [5.41, 5.74) is 4.05. The summed E-state index contributed by atoms with van der Waals surface area (Å²) in [6.07, 6.45) is 0. The second-order valence-corrected chi connectivity index (χ2v) is 5.31. The molecule has 0 fully saturated rings. The molecular weight excluding hydrogens is 287 g/mol. The fourth-order valence-corrected chi connectivity index (χ4v) is 2.65. The monoisotopic (exact) mass is 300 g/mol. The van der Waals surface area contributed by atoms with Crippen LogP contribution in [-0.2, 0) is 0 Å². The minimum atomic E-state index is -0.424. The van der Waals surface area contributed by atoms with Gasteiger partial charge in [0, 0.05) is 10.6 Å². The van der Waals surface area contributed by atoms with Crippen molar-refractivity contribution in [2.24, 2.45) is 5.84 Å². The number of hydrogen-bond acceptors (Lipinski definition) is 2. The molecule has 0 saturated heterocycles. The Bertz CT molecular complexity index is 789. The van der Waals surface area contributed by atoms with Crippen molar-refractivity contribution in [2.45, 2.75) is 6.04 Å². The van der Waals surface area contributed by atoms with Crippen LogP contribution in [0.3, 0.4) is 0 Å². The molecule has 3 aromatic rings. The number of nitrogens with one attached hydrogen (secondary N) is 1. The van der Waals surface area contributed by atoms with Gasteiger partial charge in [0.25, 0.3) is 0 Å². The average Bonchev–Trinajstić information content (AvgIpc) is 2.50. The molecule has 21 heavy (non-hydrogen) atoms. The predicted octanol–water partition coefficient (Wildman–Crippen LogP) is 4.19. The number of hydrogen-bond donors (Lipinski definition) is 2. The van der Waals surface area contributed by atoms with Gasteiger partial charge in [-0.1, -0.05) is 54.1 Å². The third-order valence-electron chi connectivity index (χ3n) is 3.55. The lowest BCUT2D eigenvalue weighted by Crippen LogP contribution is -2.29. The Morgan fingerprint density at radius 1 is 0.952 bits per heavy atom. The third-order valence-corrected chi connectivity index (χ3v) is 3.78. The Morgan fingerprint density at radius 2 is 1.71 bits per heavy atom. The van der Waals surface area contributed by atoms with E-state index in [9.17, 15) is 4.39 Å². The lowest BCUT2D eigenvalue weighted by Gasteiger charge is -2.18. The van der Waals surface area contributed by atoms with Crippen LogP contribution in [0.4, 0.5) is 4.39 Å². The maximum Gasteiger partial charge on any atom is 0.129 e. The van der Waals surface area contributed by atoms with E-state index in [0.717, 1.165) is 16.3 Å². The van der Waals surface area contributed by atoms with Crippen LogP contribution >= 0.6 is 11.6 Å². The van der Waals surface area contributed by atoms with Crippen molar-refractivity contribution in [2.75, 3.05) is 0 Å². The van der Waals surface area contributed by atoms with Crippen LogP contribution in [0.5, 0.6) is 0 Å². The van der Waals surface area contributed by atoms with Crippen LogP contribution in [-0.4, -0.2) is 0 Å². The normalized spacial score (nSPS) is 12.5. The Labute approximate surface area is 127 Å². The lowest BCUT2D eigenvalue weighted by molar-refractivity contribution is 0.560. The van der Waals surface area contributed by atoms with Crippen molar-refractivity contribution >= 4 is 22.4 Å². The summed E-state index contributed by atoms with van der Waals surface area (Å²) in [6.45, 7) is 0. The Kier molecular flexibility index (Phi) is 3.88. The smallest absolute Gasteiger partial charge is 0.129 e. The molecular formula is C17H14ClFN2. The minimum Gasteiger partial charge on any atom is -0.271 e. The first kappa shape index (κ1) is 14.0. The first-order valence-electron chi connectivity index (χ1n) is 6.59. The molecule has 0 spiro atoms. The van der Waals surface area contributed by atoms with Crippen molar-refractivity contribution in [3.05, 3.63) is 82.6 Å². The molecule has 0 amide bonds. The molecule has 2 nitrogen and oxygen atoms in total. The second kappa shape index (κ2) is 5.82. The van der Waals surface area contributed by atoms with Gasteiger partial charge >= 0.3 is 0 Å². The number of fused-ring (bicyclic) bond motifs is 1. The maximum atomic E-state index is 14.1.